The molecule has 5 heterocycles. The zero-order valence-corrected chi connectivity index (χ0v) is 16.4. The van der Waals surface area contributed by atoms with E-state index in [-0.39, 0.29) is 17.4 Å². The van der Waals surface area contributed by atoms with Crippen molar-refractivity contribution in [3.63, 3.8) is 0 Å². The Bertz CT molecular complexity index is 1120. The summed E-state index contributed by atoms with van der Waals surface area (Å²) in [5, 5.41) is 4.10. The molecule has 1 fully saturated rings. The van der Waals surface area contributed by atoms with Gasteiger partial charge in [0.1, 0.15) is 12.1 Å². The van der Waals surface area contributed by atoms with E-state index < -0.39 is 0 Å². The fraction of sp³-hybridized carbons (Fsp3) is 0.450. The van der Waals surface area contributed by atoms with Crippen molar-refractivity contribution in [2.45, 2.75) is 38.6 Å². The Balaban J connectivity index is 1.50. The minimum absolute atomic E-state index is 0.00211. The maximum atomic E-state index is 12.8. The molecule has 0 spiro atoms. The largest absolute Gasteiger partial charge is 0.384 e. The molecule has 5 rings (SSSR count). The Morgan fingerprint density at radius 3 is 2.79 bits per heavy atom. The molecule has 2 aliphatic heterocycles. The third-order valence-electron chi connectivity index (χ3n) is 5.76. The van der Waals surface area contributed by atoms with Crippen LogP contribution < -0.4 is 16.2 Å². The molecule has 2 aliphatic rings. The number of nitrogen functional groups attached to an aromatic ring is 1. The van der Waals surface area contributed by atoms with Gasteiger partial charge in [-0.1, -0.05) is 19.0 Å². The van der Waals surface area contributed by atoms with Crippen LogP contribution in [0.2, 0.25) is 0 Å². The first-order valence-corrected chi connectivity index (χ1v) is 9.89. The van der Waals surface area contributed by atoms with E-state index in [9.17, 15) is 4.79 Å². The quantitative estimate of drug-likeness (QED) is 0.718. The molecule has 2 N–H and O–H groups in total. The Morgan fingerprint density at radius 1 is 1.17 bits per heavy atom. The summed E-state index contributed by atoms with van der Waals surface area (Å²) in [7, 11) is 0. The number of piperidine rings is 1. The highest BCUT2D eigenvalue weighted by atomic mass is 16.5. The zero-order valence-electron chi connectivity index (χ0n) is 16.4. The van der Waals surface area contributed by atoms with Crippen LogP contribution in [-0.4, -0.2) is 37.8 Å². The molecule has 0 aliphatic carbocycles. The lowest BCUT2D eigenvalue weighted by molar-refractivity contribution is 0.269. The van der Waals surface area contributed by atoms with Crippen LogP contribution in [-0.2, 0) is 6.54 Å². The van der Waals surface area contributed by atoms with Gasteiger partial charge >= 0.3 is 6.01 Å². The van der Waals surface area contributed by atoms with Crippen LogP contribution in [0, 0.1) is 5.92 Å². The van der Waals surface area contributed by atoms with Crippen molar-refractivity contribution in [2.24, 2.45) is 5.92 Å². The van der Waals surface area contributed by atoms with E-state index in [1.54, 1.807) is 12.1 Å². The molecule has 29 heavy (non-hydrogen) atoms. The minimum Gasteiger partial charge on any atom is -0.384 e. The average Bonchev–Trinajstić information content (AvgIpc) is 3.19. The van der Waals surface area contributed by atoms with Gasteiger partial charge in [0.05, 0.1) is 5.69 Å². The van der Waals surface area contributed by atoms with Crippen molar-refractivity contribution in [3.05, 3.63) is 46.4 Å². The first-order chi connectivity index (χ1) is 14.0. The van der Waals surface area contributed by atoms with Gasteiger partial charge in [0, 0.05) is 54.9 Å². The van der Waals surface area contributed by atoms with Gasteiger partial charge in [-0.05, 0) is 18.4 Å². The lowest BCUT2D eigenvalue weighted by atomic mass is 9.82. The smallest absolute Gasteiger partial charge is 0.324 e. The fourth-order valence-corrected chi connectivity index (χ4v) is 4.38. The molecule has 3 aromatic heterocycles. The van der Waals surface area contributed by atoms with E-state index in [1.807, 2.05) is 18.4 Å². The minimum atomic E-state index is -0.00211. The summed E-state index contributed by atoms with van der Waals surface area (Å²) in [5.41, 5.74) is 8.24. The molecule has 2 bridgehead atoms. The van der Waals surface area contributed by atoms with Crippen LogP contribution >= 0.6 is 0 Å². The van der Waals surface area contributed by atoms with Crippen molar-refractivity contribution in [3.8, 4) is 11.3 Å². The van der Waals surface area contributed by atoms with Crippen molar-refractivity contribution in [2.75, 3.05) is 23.7 Å². The monoisotopic (exact) mass is 393 g/mol. The zero-order chi connectivity index (χ0) is 20.1. The summed E-state index contributed by atoms with van der Waals surface area (Å²) < 4.78 is 7.41. The molecular weight excluding hydrogens is 370 g/mol. The van der Waals surface area contributed by atoms with E-state index in [4.69, 9.17) is 10.3 Å². The summed E-state index contributed by atoms with van der Waals surface area (Å²) >= 11 is 0. The number of hydrogen-bond acceptors (Lipinski definition) is 8. The molecule has 9 heteroatoms. The van der Waals surface area contributed by atoms with Crippen molar-refractivity contribution < 1.29 is 4.52 Å². The first-order valence-electron chi connectivity index (χ1n) is 9.89. The fourth-order valence-electron chi connectivity index (χ4n) is 4.38. The first kappa shape index (κ1) is 17.8. The van der Waals surface area contributed by atoms with Gasteiger partial charge in [0.25, 0.3) is 5.56 Å². The summed E-state index contributed by atoms with van der Waals surface area (Å²) in [4.78, 5) is 27.8. The topological polar surface area (TPSA) is 116 Å². The number of nitrogens with two attached hydrogens (primary N) is 1. The van der Waals surface area contributed by atoms with Gasteiger partial charge in [-0.3, -0.25) is 4.79 Å². The third kappa shape index (κ3) is 3.16. The molecule has 1 saturated heterocycles. The van der Waals surface area contributed by atoms with Gasteiger partial charge in [-0.15, -0.1) is 0 Å². The predicted octanol–water partition coefficient (Wildman–Crippen LogP) is 2.02. The van der Waals surface area contributed by atoms with Gasteiger partial charge in [-0.25, -0.2) is 9.97 Å². The number of aromatic nitrogens is 5. The number of nitrogens with zero attached hydrogens (tertiary/aromatic N) is 6. The highest BCUT2D eigenvalue weighted by molar-refractivity contribution is 5.62. The van der Waals surface area contributed by atoms with E-state index in [1.165, 1.54) is 6.33 Å². The molecule has 0 saturated carbocycles. The van der Waals surface area contributed by atoms with Gasteiger partial charge in [-0.2, -0.15) is 4.98 Å². The maximum Gasteiger partial charge on any atom is 0.324 e. The number of rotatable bonds is 3. The number of fused-ring (bicyclic) bond motifs is 4. The highest BCUT2D eigenvalue weighted by Crippen LogP contribution is 2.37. The second-order valence-electron chi connectivity index (χ2n) is 8.24. The number of anilines is 2. The van der Waals surface area contributed by atoms with Crippen molar-refractivity contribution in [1.82, 2.24) is 24.7 Å². The molecule has 9 nitrogen and oxygen atoms in total. The molecule has 0 aromatic carbocycles. The Labute approximate surface area is 167 Å². The molecule has 2 atom stereocenters. The SMILES string of the molecule is CC(C)c1noc(N2C[C@@H]3C[C@H](C2)c2cc(-c4cc(N)ncn4)cc(=O)n2C3)n1. The van der Waals surface area contributed by atoms with Gasteiger partial charge < -0.3 is 19.7 Å². The molecule has 3 aromatic rings. The Morgan fingerprint density at radius 2 is 2.03 bits per heavy atom. The van der Waals surface area contributed by atoms with Crippen LogP contribution in [0.3, 0.4) is 0 Å². The van der Waals surface area contributed by atoms with Gasteiger partial charge in [0.15, 0.2) is 5.82 Å². The van der Waals surface area contributed by atoms with E-state index in [0.29, 0.717) is 30.0 Å². The Hall–Kier alpha value is -3.23. The molecule has 0 amide bonds. The van der Waals surface area contributed by atoms with E-state index >= 15 is 0 Å². The normalized spacial score (nSPS) is 20.7. The van der Waals surface area contributed by atoms with Crippen LogP contribution in [0.4, 0.5) is 11.8 Å². The summed E-state index contributed by atoms with van der Waals surface area (Å²) in [5.74, 6) is 1.90. The maximum absolute atomic E-state index is 12.8. The second kappa shape index (κ2) is 6.68. The molecular formula is C20H23N7O2. The standard InChI is InChI=1S/C20H23N7O2/c1-11(2)19-24-20(29-25-19)26-7-12-3-14(9-26)16-4-13(5-18(28)27(16)8-12)15-6-17(21)23-10-22-15/h4-6,10-12,14H,3,7-9H2,1-2H3,(H2,21,22,23)/t12-,14+/m0/s1. The summed E-state index contributed by atoms with van der Waals surface area (Å²) in [6.07, 6.45) is 2.46. The van der Waals surface area contributed by atoms with Crippen molar-refractivity contribution >= 4 is 11.8 Å². The highest BCUT2D eigenvalue weighted by Gasteiger charge is 2.36. The van der Waals surface area contributed by atoms with Crippen LogP contribution in [0.25, 0.3) is 11.3 Å². The van der Waals surface area contributed by atoms with E-state index in [0.717, 1.165) is 36.6 Å². The lowest BCUT2D eigenvalue weighted by Gasteiger charge is -2.42. The Kier molecular flexibility index (Phi) is 4.11. The van der Waals surface area contributed by atoms with Crippen LogP contribution in [0.1, 0.15) is 43.6 Å². The predicted molar refractivity (Wildman–Crippen MR) is 108 cm³/mol. The van der Waals surface area contributed by atoms with Gasteiger partial charge in [0.2, 0.25) is 0 Å². The van der Waals surface area contributed by atoms with Crippen LogP contribution in [0.5, 0.6) is 0 Å². The second-order valence-corrected chi connectivity index (χ2v) is 8.24. The average molecular weight is 393 g/mol. The summed E-state index contributed by atoms with van der Waals surface area (Å²) in [6.45, 7) is 6.34. The summed E-state index contributed by atoms with van der Waals surface area (Å²) in [6, 6.07) is 5.95. The number of hydrogen-bond donors (Lipinski definition) is 1. The van der Waals surface area contributed by atoms with Crippen LogP contribution in [0.15, 0.2) is 33.8 Å². The third-order valence-corrected chi connectivity index (χ3v) is 5.76. The van der Waals surface area contributed by atoms with E-state index in [2.05, 4.69) is 31.1 Å². The molecule has 150 valence electrons. The lowest BCUT2D eigenvalue weighted by Crippen LogP contribution is -2.47. The molecule has 0 radical (unpaired) electrons. The van der Waals surface area contributed by atoms with Crippen molar-refractivity contribution in [1.29, 1.82) is 0 Å². The number of pyridine rings is 1. The molecule has 0 unspecified atom stereocenters.